The van der Waals surface area contributed by atoms with Crippen LogP contribution in [0, 0.1) is 0 Å². The number of quaternary nitrogens is 1. The van der Waals surface area contributed by atoms with E-state index in [1.165, 1.54) is 0 Å². The van der Waals surface area contributed by atoms with Gasteiger partial charge in [-0.3, -0.25) is 0 Å². The number of halogens is 1. The second-order valence-corrected chi connectivity index (χ2v) is 1.94. The molecule has 0 aliphatic heterocycles. The maximum absolute atomic E-state index is 8.76. The van der Waals surface area contributed by atoms with E-state index < -0.39 is 0 Å². The van der Waals surface area contributed by atoms with E-state index in [-0.39, 0.29) is 21.6 Å². The van der Waals surface area contributed by atoms with Crippen LogP contribution in [-0.4, -0.2) is 30.5 Å². The van der Waals surface area contributed by atoms with E-state index in [1.54, 1.807) is 14.1 Å². The number of hydrogen-bond donors (Lipinski definition) is 1. The van der Waals surface area contributed by atoms with Gasteiger partial charge in [0.2, 0.25) is 0 Å². The van der Waals surface area contributed by atoms with Gasteiger partial charge < -0.3 is 17.0 Å². The molecule has 0 aromatic carbocycles. The third-order valence-electron chi connectivity index (χ3n) is 0.774. The van der Waals surface area contributed by atoms with Crippen molar-refractivity contribution in [3.8, 4) is 0 Å². The standard InChI is InChI=1S/C4H12NO.BrH/c1-4-5(2,3)6;/h6H,4H2,1-3H3;1H/q+1;/p-1. The predicted octanol–water partition coefficient (Wildman–Crippen LogP) is -2.52. The van der Waals surface area contributed by atoms with Crippen LogP contribution in [0.1, 0.15) is 6.92 Å². The molecule has 1 N–H and O–H groups in total. The van der Waals surface area contributed by atoms with Gasteiger partial charge in [0.1, 0.15) is 6.54 Å². The van der Waals surface area contributed by atoms with Crippen molar-refractivity contribution in [2.24, 2.45) is 0 Å². The highest BCUT2D eigenvalue weighted by Crippen LogP contribution is 1.82. The van der Waals surface area contributed by atoms with Crippen molar-refractivity contribution in [3.05, 3.63) is 0 Å². The molecule has 0 fully saturated rings. The predicted molar refractivity (Wildman–Crippen MR) is 24.4 cm³/mol. The summed E-state index contributed by atoms with van der Waals surface area (Å²) in [5.74, 6) is 0. The van der Waals surface area contributed by atoms with E-state index in [0.717, 1.165) is 6.54 Å². The fourth-order valence-electron chi connectivity index (χ4n) is 0. The lowest BCUT2D eigenvalue weighted by molar-refractivity contribution is -1.07. The number of rotatable bonds is 1. The highest BCUT2D eigenvalue weighted by Gasteiger charge is 2.02. The van der Waals surface area contributed by atoms with E-state index in [0.29, 0.717) is 0 Å². The molecule has 0 heterocycles. The van der Waals surface area contributed by atoms with Crippen LogP contribution in [0.3, 0.4) is 0 Å². The molecule has 0 unspecified atom stereocenters. The van der Waals surface area contributed by atoms with Gasteiger partial charge in [0.25, 0.3) is 0 Å². The molecule has 0 bridgehead atoms. The molecule has 0 aromatic rings. The summed E-state index contributed by atoms with van der Waals surface area (Å²) in [7, 11) is 3.47. The number of hydroxylamine groups is 3. The van der Waals surface area contributed by atoms with E-state index in [4.69, 9.17) is 5.21 Å². The Morgan fingerprint density at radius 2 is 1.57 bits per heavy atom. The Hall–Kier alpha value is 0.400. The first-order valence-corrected chi connectivity index (χ1v) is 2.12. The zero-order chi connectivity index (χ0) is 5.21. The average Bonchev–Trinajstić information content (AvgIpc) is 1.35. The minimum absolute atomic E-state index is 0. The van der Waals surface area contributed by atoms with Crippen LogP contribution in [0.5, 0.6) is 0 Å². The highest BCUT2D eigenvalue weighted by atomic mass is 79.9. The lowest BCUT2D eigenvalue weighted by atomic mass is 10.7. The molecule has 0 aliphatic carbocycles. The molecule has 0 rings (SSSR count). The summed E-state index contributed by atoms with van der Waals surface area (Å²) in [6.45, 7) is 2.69. The van der Waals surface area contributed by atoms with Gasteiger partial charge in [0.05, 0.1) is 14.1 Å². The minimum Gasteiger partial charge on any atom is -1.00 e. The van der Waals surface area contributed by atoms with Gasteiger partial charge in [0.15, 0.2) is 0 Å². The summed E-state index contributed by atoms with van der Waals surface area (Å²) >= 11 is 0. The Bertz CT molecular complexity index is 41.4. The number of hydrogen-bond acceptors (Lipinski definition) is 1. The normalized spacial score (nSPS) is 10.3. The molecule has 0 atom stereocenters. The quantitative estimate of drug-likeness (QED) is 0.340. The smallest absolute Gasteiger partial charge is 0.105 e. The third kappa shape index (κ3) is 10.7. The second kappa shape index (κ2) is 3.41. The van der Waals surface area contributed by atoms with Crippen molar-refractivity contribution in [1.82, 2.24) is 0 Å². The first kappa shape index (κ1) is 10.4. The van der Waals surface area contributed by atoms with Gasteiger partial charge in [-0.2, -0.15) is 4.65 Å². The second-order valence-electron chi connectivity index (χ2n) is 1.94. The minimum atomic E-state index is 0. The summed E-state index contributed by atoms with van der Waals surface area (Å²) < 4.78 is 0.0694. The molecule has 0 aromatic heterocycles. The molecule has 0 radical (unpaired) electrons. The van der Waals surface area contributed by atoms with Gasteiger partial charge >= 0.3 is 0 Å². The zero-order valence-electron chi connectivity index (χ0n) is 4.98. The van der Waals surface area contributed by atoms with Gasteiger partial charge in [-0.25, -0.2) is 5.21 Å². The molecular weight excluding hydrogens is 158 g/mol. The summed E-state index contributed by atoms with van der Waals surface area (Å²) in [5, 5.41) is 8.76. The first-order chi connectivity index (χ1) is 2.56. The molecule has 3 heteroatoms. The summed E-state index contributed by atoms with van der Waals surface area (Å²) in [6.07, 6.45) is 0. The molecule has 46 valence electrons. The van der Waals surface area contributed by atoms with Crippen molar-refractivity contribution in [2.45, 2.75) is 6.92 Å². The van der Waals surface area contributed by atoms with E-state index in [2.05, 4.69) is 0 Å². The van der Waals surface area contributed by atoms with Crippen molar-refractivity contribution >= 4 is 0 Å². The topological polar surface area (TPSA) is 20.2 Å². The van der Waals surface area contributed by atoms with Crippen molar-refractivity contribution in [3.63, 3.8) is 0 Å². The zero-order valence-corrected chi connectivity index (χ0v) is 6.57. The van der Waals surface area contributed by atoms with Crippen molar-refractivity contribution < 1.29 is 26.8 Å². The highest BCUT2D eigenvalue weighted by molar-refractivity contribution is 3.99. The fourth-order valence-corrected chi connectivity index (χ4v) is 0. The lowest BCUT2D eigenvalue weighted by Gasteiger charge is -2.15. The van der Waals surface area contributed by atoms with Crippen LogP contribution in [0.2, 0.25) is 0 Å². The van der Waals surface area contributed by atoms with Crippen LogP contribution < -0.4 is 17.0 Å². The molecular formula is C4H12BrNO. The first-order valence-electron chi connectivity index (χ1n) is 2.12. The molecule has 0 saturated carbocycles. The number of nitrogens with zero attached hydrogens (tertiary/aromatic N) is 1. The van der Waals surface area contributed by atoms with Gasteiger partial charge in [-0.1, -0.05) is 0 Å². The molecule has 7 heavy (non-hydrogen) atoms. The lowest BCUT2D eigenvalue weighted by Crippen LogP contribution is -3.00. The maximum Gasteiger partial charge on any atom is 0.105 e. The molecule has 2 nitrogen and oxygen atoms in total. The van der Waals surface area contributed by atoms with Crippen molar-refractivity contribution in [2.75, 3.05) is 20.6 Å². The molecule has 0 spiro atoms. The summed E-state index contributed by atoms with van der Waals surface area (Å²) in [5.41, 5.74) is 0. The third-order valence-corrected chi connectivity index (χ3v) is 0.774. The van der Waals surface area contributed by atoms with Gasteiger partial charge in [-0.05, 0) is 6.92 Å². The fraction of sp³-hybridized carbons (Fsp3) is 1.00. The van der Waals surface area contributed by atoms with Crippen LogP contribution in [0.15, 0.2) is 0 Å². The van der Waals surface area contributed by atoms with Gasteiger partial charge in [0, 0.05) is 0 Å². The molecule has 0 saturated heterocycles. The average molecular weight is 170 g/mol. The molecule has 0 aliphatic rings. The van der Waals surface area contributed by atoms with E-state index in [1.807, 2.05) is 6.92 Å². The Balaban J connectivity index is 0. The Morgan fingerprint density at radius 3 is 1.57 bits per heavy atom. The van der Waals surface area contributed by atoms with Crippen LogP contribution in [0.25, 0.3) is 0 Å². The summed E-state index contributed by atoms with van der Waals surface area (Å²) in [4.78, 5) is 0. The van der Waals surface area contributed by atoms with Crippen LogP contribution in [-0.2, 0) is 0 Å². The summed E-state index contributed by atoms with van der Waals surface area (Å²) in [6, 6.07) is 0. The Labute approximate surface area is 55.1 Å². The van der Waals surface area contributed by atoms with Gasteiger partial charge in [-0.15, -0.1) is 0 Å². The SMILES string of the molecule is CC[N+](C)(C)O.[Br-]. The Kier molecular flexibility index (Phi) is 5.06. The van der Waals surface area contributed by atoms with Crippen LogP contribution >= 0.6 is 0 Å². The molecule has 0 amide bonds. The Morgan fingerprint density at radius 1 is 1.43 bits per heavy atom. The maximum atomic E-state index is 8.76. The monoisotopic (exact) mass is 169 g/mol. The van der Waals surface area contributed by atoms with E-state index in [9.17, 15) is 0 Å². The largest absolute Gasteiger partial charge is 1.00 e. The van der Waals surface area contributed by atoms with E-state index >= 15 is 0 Å². The van der Waals surface area contributed by atoms with Crippen molar-refractivity contribution in [1.29, 1.82) is 0 Å². The van der Waals surface area contributed by atoms with Crippen LogP contribution in [0.4, 0.5) is 0 Å².